The molecule has 0 spiro atoms. The van der Waals surface area contributed by atoms with Crippen molar-refractivity contribution in [3.8, 4) is 5.69 Å². The Kier molecular flexibility index (Phi) is 5.66. The number of fused-ring (bicyclic) bond motifs is 2. The van der Waals surface area contributed by atoms with Crippen LogP contribution in [0, 0.1) is 6.92 Å². The molecule has 9 nitrogen and oxygen atoms in total. The van der Waals surface area contributed by atoms with Crippen molar-refractivity contribution < 1.29 is 14.3 Å². The van der Waals surface area contributed by atoms with Crippen LogP contribution < -0.4 is 10.9 Å². The van der Waals surface area contributed by atoms with E-state index in [1.807, 2.05) is 31.2 Å². The zero-order valence-electron chi connectivity index (χ0n) is 18.5. The van der Waals surface area contributed by atoms with E-state index in [1.54, 1.807) is 33.5 Å². The van der Waals surface area contributed by atoms with Gasteiger partial charge in [-0.3, -0.25) is 14.2 Å². The molecule has 34 heavy (non-hydrogen) atoms. The molecule has 4 aromatic rings. The first-order chi connectivity index (χ1) is 16.4. The number of ether oxygens (including phenoxy) is 1. The van der Waals surface area contributed by atoms with E-state index in [9.17, 15) is 14.4 Å². The highest BCUT2D eigenvalue weighted by Crippen LogP contribution is 2.33. The average molecular weight is 476 g/mol. The number of nitrogens with zero attached hydrogens (tertiary/aromatic N) is 4. The molecule has 3 heterocycles. The van der Waals surface area contributed by atoms with Crippen molar-refractivity contribution in [2.45, 2.75) is 24.5 Å². The molecule has 1 aliphatic rings. The summed E-state index contributed by atoms with van der Waals surface area (Å²) in [5.74, 6) is -0.102. The summed E-state index contributed by atoms with van der Waals surface area (Å²) in [6, 6.07) is 14.0. The molecule has 0 saturated carbocycles. The number of benzene rings is 2. The number of amides is 1. The maximum Gasteiger partial charge on any atom is 0.337 e. The Labute approximate surface area is 198 Å². The first-order valence-electron chi connectivity index (χ1n) is 10.6. The van der Waals surface area contributed by atoms with Crippen LogP contribution in [0.2, 0.25) is 0 Å². The second kappa shape index (κ2) is 8.79. The smallest absolute Gasteiger partial charge is 0.337 e. The van der Waals surface area contributed by atoms with Gasteiger partial charge in [0.25, 0.3) is 5.56 Å². The van der Waals surface area contributed by atoms with Crippen molar-refractivity contribution >= 4 is 40.4 Å². The van der Waals surface area contributed by atoms with Gasteiger partial charge in [-0.05, 0) is 43.3 Å². The topological polar surface area (TPSA) is 108 Å². The van der Waals surface area contributed by atoms with Gasteiger partial charge in [0.05, 0.1) is 30.6 Å². The number of carbonyl (C=O) groups excluding carboxylic acids is 2. The lowest BCUT2D eigenvalue weighted by Gasteiger charge is -2.13. The van der Waals surface area contributed by atoms with Gasteiger partial charge in [-0.15, -0.1) is 0 Å². The second-order valence-electron chi connectivity index (χ2n) is 7.98. The number of thioether (sulfide) groups is 1. The van der Waals surface area contributed by atoms with E-state index in [4.69, 9.17) is 4.98 Å². The Hall–Kier alpha value is -3.92. The van der Waals surface area contributed by atoms with E-state index in [-0.39, 0.29) is 23.9 Å². The lowest BCUT2D eigenvalue weighted by molar-refractivity contribution is -0.116. The Balaban J connectivity index is 1.37. The largest absolute Gasteiger partial charge is 0.465 e. The number of rotatable bonds is 5. The fraction of sp³-hybridized carbons (Fsp3) is 0.208. The van der Waals surface area contributed by atoms with Gasteiger partial charge in [0.1, 0.15) is 5.39 Å². The molecule has 0 fully saturated rings. The van der Waals surface area contributed by atoms with Gasteiger partial charge in [0.15, 0.2) is 10.8 Å². The van der Waals surface area contributed by atoms with Gasteiger partial charge in [-0.1, -0.05) is 29.5 Å². The number of nitrogens with one attached hydrogen (secondary N) is 1. The van der Waals surface area contributed by atoms with Crippen molar-refractivity contribution in [3.63, 3.8) is 0 Å². The van der Waals surface area contributed by atoms with Crippen LogP contribution in [0.5, 0.6) is 0 Å². The molecule has 10 heteroatoms. The molecule has 0 bridgehead atoms. The minimum absolute atomic E-state index is 0.123. The third-order valence-corrected chi connectivity index (χ3v) is 6.76. The molecular formula is C24H21N5O4S. The quantitative estimate of drug-likeness (QED) is 0.348. The van der Waals surface area contributed by atoms with Crippen molar-refractivity contribution in [2.75, 3.05) is 18.2 Å². The molecule has 0 aliphatic carbocycles. The molecule has 1 aliphatic heterocycles. The molecule has 172 valence electrons. The van der Waals surface area contributed by atoms with E-state index in [0.29, 0.717) is 33.2 Å². The molecule has 5 rings (SSSR count). The highest BCUT2D eigenvalue weighted by Gasteiger charge is 2.29. The maximum atomic E-state index is 13.3. The van der Waals surface area contributed by atoms with Crippen LogP contribution in [0.25, 0.3) is 16.7 Å². The number of hydrogen-bond acceptors (Lipinski definition) is 7. The van der Waals surface area contributed by atoms with Gasteiger partial charge in [0, 0.05) is 17.9 Å². The molecule has 0 saturated heterocycles. The third-order valence-electron chi connectivity index (χ3n) is 5.66. The molecule has 1 N–H and O–H groups in total. The lowest BCUT2D eigenvalue weighted by atomic mass is 10.2. The molecule has 1 amide bonds. The highest BCUT2D eigenvalue weighted by atomic mass is 32.2. The molecule has 2 aromatic heterocycles. The van der Waals surface area contributed by atoms with E-state index < -0.39 is 5.97 Å². The summed E-state index contributed by atoms with van der Waals surface area (Å²) in [5.41, 5.74) is 3.21. The molecule has 0 radical (unpaired) electrons. The summed E-state index contributed by atoms with van der Waals surface area (Å²) in [5, 5.41) is 8.19. The second-order valence-corrected chi connectivity index (χ2v) is 8.97. The average Bonchev–Trinajstić information content (AvgIpc) is 3.44. The van der Waals surface area contributed by atoms with Crippen molar-refractivity contribution in [1.29, 1.82) is 0 Å². The number of methoxy groups -OCH3 is 1. The Bertz CT molecular complexity index is 1460. The predicted octanol–water partition coefficient (Wildman–Crippen LogP) is 3.35. The number of aromatic nitrogens is 4. The van der Waals surface area contributed by atoms with Crippen LogP contribution in [0.1, 0.15) is 28.4 Å². The highest BCUT2D eigenvalue weighted by molar-refractivity contribution is 7.99. The molecule has 1 atom stereocenters. The summed E-state index contributed by atoms with van der Waals surface area (Å²) in [7, 11) is 1.31. The van der Waals surface area contributed by atoms with E-state index in [0.717, 1.165) is 11.3 Å². The molecule has 1 unspecified atom stereocenters. The van der Waals surface area contributed by atoms with Gasteiger partial charge in [-0.2, -0.15) is 5.10 Å². The van der Waals surface area contributed by atoms with Crippen LogP contribution in [0.3, 0.4) is 0 Å². The zero-order valence-corrected chi connectivity index (χ0v) is 19.3. The van der Waals surface area contributed by atoms with Crippen LogP contribution in [0.4, 0.5) is 5.69 Å². The van der Waals surface area contributed by atoms with Crippen LogP contribution >= 0.6 is 11.8 Å². The number of esters is 1. The minimum Gasteiger partial charge on any atom is -0.465 e. The van der Waals surface area contributed by atoms with Gasteiger partial charge >= 0.3 is 5.97 Å². The Morgan fingerprint density at radius 1 is 1.15 bits per heavy atom. The fourth-order valence-electron chi connectivity index (χ4n) is 3.89. The predicted molar refractivity (Wildman–Crippen MR) is 129 cm³/mol. The molecular weight excluding hydrogens is 454 g/mol. The van der Waals surface area contributed by atoms with Crippen molar-refractivity contribution in [1.82, 2.24) is 19.3 Å². The van der Waals surface area contributed by atoms with E-state index in [2.05, 4.69) is 15.2 Å². The normalized spacial score (nSPS) is 14.7. The summed E-state index contributed by atoms with van der Waals surface area (Å²) in [6.45, 7) is 2.01. The summed E-state index contributed by atoms with van der Waals surface area (Å²) in [4.78, 5) is 42.2. The van der Waals surface area contributed by atoms with E-state index in [1.165, 1.54) is 25.1 Å². The lowest BCUT2D eigenvalue weighted by Crippen LogP contribution is -2.27. The van der Waals surface area contributed by atoms with Gasteiger partial charge in [0.2, 0.25) is 5.91 Å². The Morgan fingerprint density at radius 2 is 1.88 bits per heavy atom. The summed E-state index contributed by atoms with van der Waals surface area (Å²) < 4.78 is 7.93. The standard InChI is InChI=1S/C24H21N5O4S/c1-14-3-9-17(10-4-14)29-21-19(12-25-29)22(31)28-18(13-34-24(28)27-21)11-20(30)26-16-7-5-15(6-8-16)23(32)33-2/h3-10,12,18H,11,13H2,1-2H3,(H,26,30). The zero-order chi connectivity index (χ0) is 23.8. The van der Waals surface area contributed by atoms with Crippen molar-refractivity contribution in [2.24, 2.45) is 0 Å². The number of aryl methyl sites for hydroxylation is 1. The monoisotopic (exact) mass is 475 g/mol. The number of hydrogen-bond donors (Lipinski definition) is 1. The summed E-state index contributed by atoms with van der Waals surface area (Å²) in [6.07, 6.45) is 1.65. The minimum atomic E-state index is -0.443. The van der Waals surface area contributed by atoms with Gasteiger partial charge < -0.3 is 10.1 Å². The number of carbonyl (C=O) groups is 2. The van der Waals surface area contributed by atoms with Crippen LogP contribution in [0.15, 0.2) is 64.7 Å². The maximum absolute atomic E-state index is 13.3. The van der Waals surface area contributed by atoms with Crippen molar-refractivity contribution in [3.05, 3.63) is 76.2 Å². The first-order valence-corrected chi connectivity index (χ1v) is 11.6. The fourth-order valence-corrected chi connectivity index (χ4v) is 5.02. The summed E-state index contributed by atoms with van der Waals surface area (Å²) >= 11 is 1.45. The number of anilines is 1. The first kappa shape index (κ1) is 21.9. The SMILES string of the molecule is COC(=O)c1ccc(NC(=O)CC2CSc3nc4c(cnn4-c4ccc(C)cc4)c(=O)n32)cc1. The van der Waals surface area contributed by atoms with Crippen LogP contribution in [-0.4, -0.2) is 44.1 Å². The molecule has 2 aromatic carbocycles. The van der Waals surface area contributed by atoms with Gasteiger partial charge in [-0.25, -0.2) is 14.5 Å². The van der Waals surface area contributed by atoms with Crippen LogP contribution in [-0.2, 0) is 9.53 Å². The third kappa shape index (κ3) is 3.96. The Morgan fingerprint density at radius 3 is 2.59 bits per heavy atom. The van der Waals surface area contributed by atoms with E-state index >= 15 is 0 Å².